The Hall–Kier alpha value is -2.41. The average molecular weight is 383 g/mol. The zero-order valence-electron chi connectivity index (χ0n) is 16.8. The van der Waals surface area contributed by atoms with Crippen molar-refractivity contribution in [3.8, 4) is 0 Å². The number of pyridine rings is 1. The van der Waals surface area contributed by atoms with E-state index in [1.807, 2.05) is 24.5 Å². The number of carbonyl (C=O) groups is 1. The number of aromatic nitrogens is 3. The second kappa shape index (κ2) is 8.31. The molecular weight excluding hydrogens is 352 g/mol. The number of aryl methyl sites for hydroxylation is 1. The number of nitrogens with one attached hydrogen (secondary N) is 2. The lowest BCUT2D eigenvalue weighted by molar-refractivity contribution is 0.0952. The highest BCUT2D eigenvalue weighted by Crippen LogP contribution is 2.30. The van der Waals surface area contributed by atoms with E-state index in [0.717, 1.165) is 37.7 Å². The van der Waals surface area contributed by atoms with Crippen LogP contribution in [0.1, 0.15) is 55.2 Å². The Morgan fingerprint density at radius 1 is 1.25 bits per heavy atom. The van der Waals surface area contributed by atoms with E-state index in [9.17, 15) is 4.79 Å². The number of hydrogen-bond acceptors (Lipinski definition) is 5. The number of fused-ring (bicyclic) bond motifs is 2. The highest BCUT2D eigenvalue weighted by molar-refractivity contribution is 5.94. The molecule has 2 aromatic heterocycles. The van der Waals surface area contributed by atoms with Gasteiger partial charge in [-0.1, -0.05) is 13.8 Å². The minimum atomic E-state index is -0.0583. The first-order valence-corrected chi connectivity index (χ1v) is 10.4. The summed E-state index contributed by atoms with van der Waals surface area (Å²) >= 11 is 0. The lowest BCUT2D eigenvalue weighted by atomic mass is 10.2. The van der Waals surface area contributed by atoms with Crippen molar-refractivity contribution in [2.75, 3.05) is 24.5 Å². The number of nitrogens with zero attached hydrogens (tertiary/aromatic N) is 4. The Balaban J connectivity index is 1.28. The predicted octanol–water partition coefficient (Wildman–Crippen LogP) is 2.16. The maximum atomic E-state index is 12.4. The van der Waals surface area contributed by atoms with Crippen LogP contribution in [-0.2, 0) is 6.54 Å². The van der Waals surface area contributed by atoms with Crippen molar-refractivity contribution in [3.63, 3.8) is 0 Å². The van der Waals surface area contributed by atoms with E-state index in [1.165, 1.54) is 12.8 Å². The minimum Gasteiger partial charge on any atom is -0.352 e. The summed E-state index contributed by atoms with van der Waals surface area (Å²) in [5.74, 6) is 2.43. The second-order valence-electron chi connectivity index (χ2n) is 8.10. The van der Waals surface area contributed by atoms with E-state index in [0.29, 0.717) is 30.1 Å². The van der Waals surface area contributed by atoms with E-state index in [1.54, 1.807) is 6.20 Å². The van der Waals surface area contributed by atoms with Crippen LogP contribution >= 0.6 is 0 Å². The van der Waals surface area contributed by atoms with E-state index >= 15 is 0 Å². The van der Waals surface area contributed by atoms with Crippen molar-refractivity contribution in [1.29, 1.82) is 0 Å². The third-order valence-electron chi connectivity index (χ3n) is 5.78. The van der Waals surface area contributed by atoms with Crippen LogP contribution in [0, 0.1) is 0 Å². The third kappa shape index (κ3) is 3.90. The summed E-state index contributed by atoms with van der Waals surface area (Å²) in [7, 11) is 0. The number of hydrogen-bond donors (Lipinski definition) is 2. The molecule has 7 heteroatoms. The lowest BCUT2D eigenvalue weighted by Crippen LogP contribution is -2.52. The third-order valence-corrected chi connectivity index (χ3v) is 5.78. The molecule has 2 bridgehead atoms. The van der Waals surface area contributed by atoms with Gasteiger partial charge in [0, 0.05) is 62.8 Å². The van der Waals surface area contributed by atoms with Gasteiger partial charge >= 0.3 is 0 Å². The van der Waals surface area contributed by atoms with Gasteiger partial charge in [0.2, 0.25) is 0 Å². The molecule has 2 atom stereocenters. The highest BCUT2D eigenvalue weighted by Gasteiger charge is 2.37. The lowest BCUT2D eigenvalue weighted by Gasteiger charge is -2.36. The molecule has 28 heavy (non-hydrogen) atoms. The molecule has 4 heterocycles. The maximum Gasteiger partial charge on any atom is 0.252 e. The van der Waals surface area contributed by atoms with E-state index < -0.39 is 0 Å². The van der Waals surface area contributed by atoms with Crippen LogP contribution in [-0.4, -0.2) is 52.2 Å². The van der Waals surface area contributed by atoms with Crippen LogP contribution in [0.4, 0.5) is 5.82 Å². The fourth-order valence-corrected chi connectivity index (χ4v) is 4.39. The van der Waals surface area contributed by atoms with Crippen molar-refractivity contribution in [2.24, 2.45) is 0 Å². The second-order valence-corrected chi connectivity index (χ2v) is 8.10. The molecular formula is C21H30N6O. The van der Waals surface area contributed by atoms with Crippen molar-refractivity contribution >= 4 is 11.7 Å². The SMILES string of the molecule is CC(C)c1nccn1CCCNC(=O)c1ccc(N2[C@@H]3CC[C@H]2CNC3)nc1. The number of piperazine rings is 1. The van der Waals surface area contributed by atoms with E-state index in [4.69, 9.17) is 0 Å². The van der Waals surface area contributed by atoms with Gasteiger partial charge in [0.25, 0.3) is 5.91 Å². The van der Waals surface area contributed by atoms with Gasteiger partial charge in [0.1, 0.15) is 11.6 Å². The van der Waals surface area contributed by atoms with Gasteiger partial charge < -0.3 is 20.1 Å². The van der Waals surface area contributed by atoms with Gasteiger partial charge in [-0.15, -0.1) is 0 Å². The van der Waals surface area contributed by atoms with Crippen LogP contribution in [0.25, 0.3) is 0 Å². The molecule has 2 N–H and O–H groups in total. The Morgan fingerprint density at radius 2 is 2.04 bits per heavy atom. The fraction of sp³-hybridized carbons (Fsp3) is 0.571. The fourth-order valence-electron chi connectivity index (χ4n) is 4.39. The van der Waals surface area contributed by atoms with Gasteiger partial charge in [-0.3, -0.25) is 4.79 Å². The summed E-state index contributed by atoms with van der Waals surface area (Å²) in [6.45, 7) is 7.83. The quantitative estimate of drug-likeness (QED) is 0.718. The molecule has 7 nitrogen and oxygen atoms in total. The molecule has 2 aromatic rings. The van der Waals surface area contributed by atoms with Crippen LogP contribution in [0.2, 0.25) is 0 Å². The van der Waals surface area contributed by atoms with Crippen LogP contribution < -0.4 is 15.5 Å². The normalized spacial score (nSPS) is 21.3. The minimum absolute atomic E-state index is 0.0583. The number of amides is 1. The molecule has 2 aliphatic rings. The Morgan fingerprint density at radius 3 is 2.71 bits per heavy atom. The standard InChI is InChI=1S/C21H30N6O/c1-15(2)20-23-9-11-26(20)10-3-8-24-21(28)16-4-7-19(25-12-16)27-17-5-6-18(27)14-22-13-17/h4,7,9,11-12,15,17-18,22H,3,5-6,8,10,13-14H2,1-2H3,(H,24,28)/t17-,18+. The maximum absolute atomic E-state index is 12.4. The summed E-state index contributed by atoms with van der Waals surface area (Å²) in [6, 6.07) is 4.95. The monoisotopic (exact) mass is 382 g/mol. The first kappa shape index (κ1) is 18.9. The number of rotatable bonds is 7. The first-order valence-electron chi connectivity index (χ1n) is 10.4. The summed E-state index contributed by atoms with van der Waals surface area (Å²) in [5.41, 5.74) is 0.622. The topological polar surface area (TPSA) is 75.1 Å². The average Bonchev–Trinajstić information content (AvgIpc) is 3.27. The molecule has 0 aliphatic carbocycles. The smallest absolute Gasteiger partial charge is 0.252 e. The molecule has 150 valence electrons. The first-order chi connectivity index (χ1) is 13.6. The van der Waals surface area contributed by atoms with Gasteiger partial charge in [0.05, 0.1) is 5.56 Å². The predicted molar refractivity (Wildman–Crippen MR) is 110 cm³/mol. The molecule has 0 aromatic carbocycles. The highest BCUT2D eigenvalue weighted by atomic mass is 16.1. The van der Waals surface area contributed by atoms with E-state index in [-0.39, 0.29) is 5.91 Å². The van der Waals surface area contributed by atoms with Crippen molar-refractivity contribution < 1.29 is 4.79 Å². The molecule has 2 fully saturated rings. The summed E-state index contributed by atoms with van der Waals surface area (Å²) in [4.78, 5) is 23.8. The zero-order valence-corrected chi connectivity index (χ0v) is 16.8. The van der Waals surface area contributed by atoms with Crippen molar-refractivity contribution in [3.05, 3.63) is 42.1 Å². The Kier molecular flexibility index (Phi) is 5.62. The van der Waals surface area contributed by atoms with Gasteiger partial charge in [-0.2, -0.15) is 0 Å². The number of anilines is 1. The zero-order chi connectivity index (χ0) is 19.5. The van der Waals surface area contributed by atoms with Crippen molar-refractivity contribution in [2.45, 2.75) is 57.7 Å². The van der Waals surface area contributed by atoms with Gasteiger partial charge in [-0.05, 0) is 31.4 Å². The number of imidazole rings is 1. The molecule has 2 aliphatic heterocycles. The van der Waals surface area contributed by atoms with Crippen LogP contribution in [0.15, 0.2) is 30.7 Å². The summed E-state index contributed by atoms with van der Waals surface area (Å²) < 4.78 is 2.16. The molecule has 4 rings (SSSR count). The van der Waals surface area contributed by atoms with Gasteiger partial charge in [0.15, 0.2) is 0 Å². The molecule has 1 amide bonds. The Labute approximate surface area is 166 Å². The number of carbonyl (C=O) groups excluding carboxylic acids is 1. The molecule has 2 saturated heterocycles. The molecule has 0 saturated carbocycles. The van der Waals surface area contributed by atoms with Crippen molar-refractivity contribution in [1.82, 2.24) is 25.2 Å². The summed E-state index contributed by atoms with van der Waals surface area (Å²) in [5, 5.41) is 6.49. The molecule has 0 spiro atoms. The van der Waals surface area contributed by atoms with Gasteiger partial charge in [-0.25, -0.2) is 9.97 Å². The summed E-state index contributed by atoms with van der Waals surface area (Å²) in [6.07, 6.45) is 8.86. The van der Waals surface area contributed by atoms with E-state index in [2.05, 4.69) is 43.9 Å². The molecule has 0 radical (unpaired) electrons. The molecule has 0 unspecified atom stereocenters. The van der Waals surface area contributed by atoms with Crippen LogP contribution in [0.3, 0.4) is 0 Å². The largest absolute Gasteiger partial charge is 0.352 e. The van der Waals surface area contributed by atoms with Crippen LogP contribution in [0.5, 0.6) is 0 Å². The Bertz CT molecular complexity index is 783.